The zero-order chi connectivity index (χ0) is 15.3. The predicted octanol–water partition coefficient (Wildman–Crippen LogP) is 3.03. The number of carbonyl (C=O) groups is 2. The molecule has 0 bridgehead atoms. The van der Waals surface area contributed by atoms with E-state index >= 15 is 0 Å². The van der Waals surface area contributed by atoms with Crippen LogP contribution in [0.2, 0.25) is 0 Å². The topological polar surface area (TPSA) is 91.3 Å². The van der Waals surface area contributed by atoms with Crippen molar-refractivity contribution in [1.82, 2.24) is 10.3 Å². The van der Waals surface area contributed by atoms with Crippen LogP contribution in [0.15, 0.2) is 6.20 Å². The minimum Gasteiger partial charge on any atom is -0.481 e. The van der Waals surface area contributed by atoms with Gasteiger partial charge in [0.15, 0.2) is 5.13 Å². The molecule has 6 nitrogen and oxygen atoms in total. The van der Waals surface area contributed by atoms with Gasteiger partial charge in [0, 0.05) is 23.0 Å². The van der Waals surface area contributed by atoms with Crippen molar-refractivity contribution >= 4 is 28.5 Å². The number of hydrogen-bond acceptors (Lipinski definition) is 4. The van der Waals surface area contributed by atoms with Crippen molar-refractivity contribution in [2.75, 3.05) is 5.32 Å². The van der Waals surface area contributed by atoms with E-state index < -0.39 is 11.5 Å². The molecule has 3 N–H and O–H groups in total. The molecule has 0 aliphatic heterocycles. The highest BCUT2D eigenvalue weighted by Crippen LogP contribution is 2.25. The number of aliphatic carboxylic acids is 1. The Morgan fingerprint density at radius 3 is 2.60 bits per heavy atom. The Bertz CT molecular complexity index is 483. The summed E-state index contributed by atoms with van der Waals surface area (Å²) in [7, 11) is 0. The number of urea groups is 1. The summed E-state index contributed by atoms with van der Waals surface area (Å²) in [5, 5.41) is 14.6. The van der Waals surface area contributed by atoms with Crippen LogP contribution in [-0.2, 0) is 4.79 Å². The minimum absolute atomic E-state index is 0.0159. The van der Waals surface area contributed by atoms with Gasteiger partial charge in [-0.15, -0.1) is 11.3 Å². The van der Waals surface area contributed by atoms with Crippen molar-refractivity contribution in [1.29, 1.82) is 0 Å². The molecule has 1 aromatic heterocycles. The van der Waals surface area contributed by atoms with E-state index in [1.165, 1.54) is 11.3 Å². The van der Waals surface area contributed by atoms with E-state index in [2.05, 4.69) is 29.5 Å². The van der Waals surface area contributed by atoms with Crippen molar-refractivity contribution in [3.63, 3.8) is 0 Å². The average molecular weight is 299 g/mol. The molecule has 0 aliphatic carbocycles. The number of thiazole rings is 1. The lowest BCUT2D eigenvalue weighted by atomic mass is 9.99. The molecular formula is C13H21N3O3S. The molecule has 0 saturated carbocycles. The summed E-state index contributed by atoms with van der Waals surface area (Å²) in [5.74, 6) is -0.500. The zero-order valence-electron chi connectivity index (χ0n) is 12.2. The number of rotatable bonds is 6. The number of nitrogens with zero attached hydrogens (tertiary/aromatic N) is 1. The minimum atomic E-state index is -0.873. The number of hydrogen-bond donors (Lipinski definition) is 3. The molecule has 1 rings (SSSR count). The largest absolute Gasteiger partial charge is 0.481 e. The summed E-state index contributed by atoms with van der Waals surface area (Å²) in [4.78, 5) is 27.6. The fourth-order valence-corrected chi connectivity index (χ4v) is 2.34. The number of anilines is 1. The van der Waals surface area contributed by atoms with E-state index in [1.807, 2.05) is 0 Å². The molecule has 1 aromatic rings. The van der Waals surface area contributed by atoms with Crippen LogP contribution in [0.3, 0.4) is 0 Å². The molecule has 0 aliphatic rings. The van der Waals surface area contributed by atoms with Gasteiger partial charge in [0.25, 0.3) is 0 Å². The number of carboxylic acid groups (broad SMARTS) is 1. The molecule has 0 unspecified atom stereocenters. The van der Waals surface area contributed by atoms with Crippen molar-refractivity contribution in [3.8, 4) is 0 Å². The van der Waals surface area contributed by atoms with Crippen LogP contribution in [0.5, 0.6) is 0 Å². The molecule has 0 radical (unpaired) electrons. The third-order valence-corrected chi connectivity index (χ3v) is 3.94. The molecule has 112 valence electrons. The standard InChI is InChI=1S/C13H21N3O3S/c1-8(2)9-7-14-12(20-9)15-11(19)16-13(3,4)6-5-10(17)18/h7-8H,5-6H2,1-4H3,(H,17,18)(H2,14,15,16,19). The monoisotopic (exact) mass is 299 g/mol. The summed E-state index contributed by atoms with van der Waals surface area (Å²) in [6.07, 6.45) is 2.13. The van der Waals surface area contributed by atoms with Crippen LogP contribution >= 0.6 is 11.3 Å². The first kappa shape index (κ1) is 16.4. The summed E-state index contributed by atoms with van der Waals surface area (Å²) in [5.41, 5.74) is -0.583. The van der Waals surface area contributed by atoms with Crippen LogP contribution in [-0.4, -0.2) is 27.6 Å². The van der Waals surface area contributed by atoms with E-state index in [1.54, 1.807) is 20.0 Å². The number of carbonyl (C=O) groups excluding carboxylic acids is 1. The summed E-state index contributed by atoms with van der Waals surface area (Å²) >= 11 is 1.44. The van der Waals surface area contributed by atoms with Crippen molar-refractivity contribution in [3.05, 3.63) is 11.1 Å². The second-order valence-corrected chi connectivity index (χ2v) is 6.64. The number of amides is 2. The highest BCUT2D eigenvalue weighted by molar-refractivity contribution is 7.15. The van der Waals surface area contributed by atoms with Gasteiger partial charge in [-0.05, 0) is 26.2 Å². The van der Waals surface area contributed by atoms with E-state index in [4.69, 9.17) is 5.11 Å². The summed E-state index contributed by atoms with van der Waals surface area (Å²) < 4.78 is 0. The van der Waals surface area contributed by atoms with Crippen LogP contribution in [0.4, 0.5) is 9.93 Å². The van der Waals surface area contributed by atoms with Gasteiger partial charge in [-0.2, -0.15) is 0 Å². The van der Waals surface area contributed by atoms with Crippen LogP contribution in [0.25, 0.3) is 0 Å². The molecule has 2 amide bonds. The zero-order valence-corrected chi connectivity index (χ0v) is 13.0. The Morgan fingerprint density at radius 1 is 1.45 bits per heavy atom. The van der Waals surface area contributed by atoms with Crippen molar-refractivity contribution in [2.24, 2.45) is 0 Å². The van der Waals surface area contributed by atoms with Crippen molar-refractivity contribution in [2.45, 2.75) is 52.0 Å². The van der Waals surface area contributed by atoms with Gasteiger partial charge >= 0.3 is 12.0 Å². The van der Waals surface area contributed by atoms with E-state index in [0.29, 0.717) is 17.5 Å². The van der Waals surface area contributed by atoms with Gasteiger partial charge < -0.3 is 10.4 Å². The van der Waals surface area contributed by atoms with Gasteiger partial charge in [0.1, 0.15) is 0 Å². The quantitative estimate of drug-likeness (QED) is 0.753. The first-order valence-corrected chi connectivity index (χ1v) is 7.28. The third-order valence-electron chi connectivity index (χ3n) is 2.73. The summed E-state index contributed by atoms with van der Waals surface area (Å²) in [6, 6.07) is -0.370. The third kappa shape index (κ3) is 5.56. The maximum absolute atomic E-state index is 11.8. The fourth-order valence-electron chi connectivity index (χ4n) is 1.53. The molecule has 0 aromatic carbocycles. The normalized spacial score (nSPS) is 11.4. The second kappa shape index (κ2) is 6.69. The Balaban J connectivity index is 2.51. The van der Waals surface area contributed by atoms with E-state index in [-0.39, 0.29) is 12.5 Å². The smallest absolute Gasteiger partial charge is 0.321 e. The first-order valence-electron chi connectivity index (χ1n) is 6.46. The number of nitrogens with one attached hydrogen (secondary N) is 2. The maximum atomic E-state index is 11.8. The molecular weight excluding hydrogens is 278 g/mol. The Hall–Kier alpha value is -1.63. The molecule has 7 heteroatoms. The van der Waals surface area contributed by atoms with E-state index in [9.17, 15) is 9.59 Å². The molecule has 1 heterocycles. The SMILES string of the molecule is CC(C)c1cnc(NC(=O)NC(C)(C)CCC(=O)O)s1. The van der Waals surface area contributed by atoms with Crippen molar-refractivity contribution < 1.29 is 14.7 Å². The number of carboxylic acids is 1. The highest BCUT2D eigenvalue weighted by Gasteiger charge is 2.22. The molecule has 0 saturated heterocycles. The molecule has 0 atom stereocenters. The second-order valence-electron chi connectivity index (χ2n) is 5.58. The van der Waals surface area contributed by atoms with Gasteiger partial charge in [0.05, 0.1) is 0 Å². The Kier molecular flexibility index (Phi) is 5.50. The predicted molar refractivity (Wildman–Crippen MR) is 79.3 cm³/mol. The fraction of sp³-hybridized carbons (Fsp3) is 0.615. The molecule has 0 fully saturated rings. The Labute approximate surface area is 122 Å². The van der Waals surface area contributed by atoms with Gasteiger partial charge in [0.2, 0.25) is 0 Å². The lowest BCUT2D eigenvalue weighted by Crippen LogP contribution is -2.45. The van der Waals surface area contributed by atoms with Gasteiger partial charge in [-0.25, -0.2) is 9.78 Å². The van der Waals surface area contributed by atoms with Crippen LogP contribution < -0.4 is 10.6 Å². The molecule has 20 heavy (non-hydrogen) atoms. The molecule has 0 spiro atoms. The lowest BCUT2D eigenvalue weighted by Gasteiger charge is -2.25. The van der Waals surface area contributed by atoms with E-state index in [0.717, 1.165) is 4.88 Å². The first-order chi connectivity index (χ1) is 9.19. The maximum Gasteiger partial charge on any atom is 0.321 e. The Morgan fingerprint density at radius 2 is 2.10 bits per heavy atom. The van der Waals surface area contributed by atoms with Gasteiger partial charge in [-0.1, -0.05) is 13.8 Å². The van der Waals surface area contributed by atoms with Crippen LogP contribution in [0.1, 0.15) is 51.3 Å². The van der Waals surface area contributed by atoms with Crippen LogP contribution in [0, 0.1) is 0 Å². The lowest BCUT2D eigenvalue weighted by molar-refractivity contribution is -0.137. The summed E-state index contributed by atoms with van der Waals surface area (Å²) in [6.45, 7) is 7.70. The average Bonchev–Trinajstić information content (AvgIpc) is 2.74. The number of aromatic nitrogens is 1. The highest BCUT2D eigenvalue weighted by atomic mass is 32.1. The van der Waals surface area contributed by atoms with Gasteiger partial charge in [-0.3, -0.25) is 10.1 Å².